The minimum Gasteiger partial charge on any atom is -0.438 e. The monoisotopic (exact) mass is 196 g/mol. The maximum Gasteiger partial charge on any atom is 0.331 e. The Morgan fingerprint density at radius 3 is 2.62 bits per heavy atom. The molecule has 1 aromatic carbocycles. The lowest BCUT2D eigenvalue weighted by molar-refractivity contribution is -0.139. The van der Waals surface area contributed by atoms with Crippen LogP contribution in [0.25, 0.3) is 0 Å². The second-order valence-electron chi connectivity index (χ2n) is 2.37. The fourth-order valence-corrected chi connectivity index (χ4v) is 1.06. The molecule has 0 spiro atoms. The summed E-state index contributed by atoms with van der Waals surface area (Å²) in [5.74, 6) is -0.524. The summed E-state index contributed by atoms with van der Waals surface area (Å²) < 4.78 is 4.79. The average Bonchev–Trinajstić information content (AvgIpc) is 2.19. The molecular formula is C10H9ClO2. The van der Waals surface area contributed by atoms with Crippen LogP contribution in [-0.4, -0.2) is 5.97 Å². The number of ether oxygens (including phenoxy) is 1. The molecule has 0 aliphatic carbocycles. The SMILES string of the molecule is C=CC(=O)OC(Cl)c1ccccc1. The van der Waals surface area contributed by atoms with E-state index in [-0.39, 0.29) is 0 Å². The molecule has 0 fully saturated rings. The number of hydrogen-bond acceptors (Lipinski definition) is 2. The molecule has 13 heavy (non-hydrogen) atoms. The quantitative estimate of drug-likeness (QED) is 0.422. The number of benzene rings is 1. The van der Waals surface area contributed by atoms with Crippen molar-refractivity contribution in [1.29, 1.82) is 0 Å². The average molecular weight is 197 g/mol. The summed E-state index contributed by atoms with van der Waals surface area (Å²) in [7, 11) is 0. The Hall–Kier alpha value is -1.28. The second-order valence-corrected chi connectivity index (χ2v) is 2.76. The molecule has 3 heteroatoms. The first kappa shape index (κ1) is 9.81. The van der Waals surface area contributed by atoms with Gasteiger partial charge in [-0.05, 0) is 0 Å². The first-order valence-corrected chi connectivity index (χ1v) is 4.19. The third-order valence-corrected chi connectivity index (χ3v) is 1.79. The van der Waals surface area contributed by atoms with Gasteiger partial charge in [-0.25, -0.2) is 4.79 Å². The Morgan fingerprint density at radius 1 is 1.46 bits per heavy atom. The van der Waals surface area contributed by atoms with Crippen LogP contribution in [0.5, 0.6) is 0 Å². The molecule has 0 radical (unpaired) electrons. The molecule has 0 N–H and O–H groups in total. The number of esters is 1. The van der Waals surface area contributed by atoms with Gasteiger partial charge in [-0.1, -0.05) is 48.5 Å². The highest BCUT2D eigenvalue weighted by atomic mass is 35.5. The molecule has 0 aromatic heterocycles. The van der Waals surface area contributed by atoms with Gasteiger partial charge in [0.15, 0.2) is 0 Å². The van der Waals surface area contributed by atoms with Crippen molar-refractivity contribution < 1.29 is 9.53 Å². The molecule has 68 valence electrons. The fourth-order valence-electron chi connectivity index (χ4n) is 0.822. The van der Waals surface area contributed by atoms with Gasteiger partial charge in [0, 0.05) is 11.6 Å². The van der Waals surface area contributed by atoms with Crippen molar-refractivity contribution in [3.8, 4) is 0 Å². The number of carbonyl (C=O) groups is 1. The number of halogens is 1. The maximum absolute atomic E-state index is 10.8. The molecule has 0 aliphatic rings. The van der Waals surface area contributed by atoms with E-state index in [1.807, 2.05) is 18.2 Å². The van der Waals surface area contributed by atoms with Gasteiger partial charge in [0.1, 0.15) is 0 Å². The van der Waals surface area contributed by atoms with Gasteiger partial charge >= 0.3 is 5.97 Å². The number of carbonyl (C=O) groups excluding carboxylic acids is 1. The molecule has 1 atom stereocenters. The van der Waals surface area contributed by atoms with E-state index in [1.165, 1.54) is 0 Å². The van der Waals surface area contributed by atoms with Crippen molar-refractivity contribution in [2.24, 2.45) is 0 Å². The minimum absolute atomic E-state index is 0.524. The molecule has 0 saturated heterocycles. The molecular weight excluding hydrogens is 188 g/mol. The summed E-state index contributed by atoms with van der Waals surface area (Å²) in [6, 6.07) is 9.09. The predicted molar refractivity (Wildman–Crippen MR) is 51.3 cm³/mol. The molecule has 0 saturated carbocycles. The first-order valence-electron chi connectivity index (χ1n) is 3.76. The summed E-state index contributed by atoms with van der Waals surface area (Å²) in [6.07, 6.45) is 1.08. The summed E-state index contributed by atoms with van der Waals surface area (Å²) in [4.78, 5) is 10.8. The van der Waals surface area contributed by atoms with Crippen LogP contribution in [0.4, 0.5) is 0 Å². The Bertz CT molecular complexity index is 295. The van der Waals surface area contributed by atoms with Crippen LogP contribution in [0.1, 0.15) is 11.1 Å². The van der Waals surface area contributed by atoms with Gasteiger partial charge in [-0.15, -0.1) is 0 Å². The van der Waals surface area contributed by atoms with Crippen molar-refractivity contribution in [3.63, 3.8) is 0 Å². The van der Waals surface area contributed by atoms with Crippen molar-refractivity contribution in [1.82, 2.24) is 0 Å². The Labute approximate surface area is 81.8 Å². The zero-order valence-electron chi connectivity index (χ0n) is 6.94. The van der Waals surface area contributed by atoms with E-state index in [4.69, 9.17) is 16.3 Å². The Morgan fingerprint density at radius 2 is 2.08 bits per heavy atom. The molecule has 1 aromatic rings. The van der Waals surface area contributed by atoms with Crippen LogP contribution in [0, 0.1) is 0 Å². The fraction of sp³-hybridized carbons (Fsp3) is 0.100. The number of alkyl halides is 1. The van der Waals surface area contributed by atoms with Gasteiger partial charge in [0.05, 0.1) is 0 Å². The molecule has 1 unspecified atom stereocenters. The van der Waals surface area contributed by atoms with Crippen molar-refractivity contribution >= 4 is 17.6 Å². The van der Waals surface area contributed by atoms with E-state index in [0.717, 1.165) is 11.6 Å². The molecule has 0 aliphatic heterocycles. The van der Waals surface area contributed by atoms with E-state index in [1.54, 1.807) is 12.1 Å². The first-order chi connectivity index (χ1) is 6.24. The molecule has 0 bridgehead atoms. The lowest BCUT2D eigenvalue weighted by Crippen LogP contribution is -2.03. The number of rotatable bonds is 3. The van der Waals surface area contributed by atoms with E-state index in [9.17, 15) is 4.79 Å². The smallest absolute Gasteiger partial charge is 0.331 e. The molecule has 0 heterocycles. The highest BCUT2D eigenvalue weighted by molar-refractivity contribution is 6.20. The molecule has 1 rings (SSSR count). The predicted octanol–water partition coefficient (Wildman–Crippen LogP) is 2.65. The zero-order valence-corrected chi connectivity index (χ0v) is 7.70. The van der Waals surface area contributed by atoms with E-state index < -0.39 is 11.5 Å². The summed E-state index contributed by atoms with van der Waals surface area (Å²) >= 11 is 5.79. The van der Waals surface area contributed by atoms with Crippen molar-refractivity contribution in [3.05, 3.63) is 48.6 Å². The van der Waals surface area contributed by atoms with Gasteiger partial charge in [0.2, 0.25) is 5.56 Å². The summed E-state index contributed by atoms with van der Waals surface area (Å²) in [5, 5.41) is 0. The maximum atomic E-state index is 10.8. The van der Waals surface area contributed by atoms with Crippen molar-refractivity contribution in [2.45, 2.75) is 5.56 Å². The van der Waals surface area contributed by atoms with Crippen molar-refractivity contribution in [2.75, 3.05) is 0 Å². The second kappa shape index (κ2) is 4.67. The van der Waals surface area contributed by atoms with E-state index in [2.05, 4.69) is 6.58 Å². The third kappa shape index (κ3) is 2.92. The topological polar surface area (TPSA) is 26.3 Å². The van der Waals surface area contributed by atoms with Gasteiger partial charge in [0.25, 0.3) is 0 Å². The summed E-state index contributed by atoms with van der Waals surface area (Å²) in [5.41, 5.74) is 0.00562. The van der Waals surface area contributed by atoms with Crippen LogP contribution in [0.15, 0.2) is 43.0 Å². The van der Waals surface area contributed by atoms with Crippen LogP contribution < -0.4 is 0 Å². The molecule has 0 amide bonds. The van der Waals surface area contributed by atoms with Crippen LogP contribution in [0.3, 0.4) is 0 Å². The van der Waals surface area contributed by atoms with Crippen LogP contribution >= 0.6 is 11.6 Å². The third-order valence-electron chi connectivity index (χ3n) is 1.45. The van der Waals surface area contributed by atoms with Gasteiger partial charge in [-0.2, -0.15) is 0 Å². The highest BCUT2D eigenvalue weighted by Gasteiger charge is 2.09. The lowest BCUT2D eigenvalue weighted by atomic mass is 10.2. The van der Waals surface area contributed by atoms with Gasteiger partial charge < -0.3 is 4.74 Å². The minimum atomic E-state index is -0.744. The van der Waals surface area contributed by atoms with Gasteiger partial charge in [-0.3, -0.25) is 0 Å². The Balaban J connectivity index is 2.63. The van der Waals surface area contributed by atoms with E-state index >= 15 is 0 Å². The zero-order chi connectivity index (χ0) is 9.68. The lowest BCUT2D eigenvalue weighted by Gasteiger charge is -2.08. The van der Waals surface area contributed by atoms with Crippen LogP contribution in [0.2, 0.25) is 0 Å². The molecule has 2 nitrogen and oxygen atoms in total. The highest BCUT2D eigenvalue weighted by Crippen LogP contribution is 2.21. The largest absolute Gasteiger partial charge is 0.438 e. The van der Waals surface area contributed by atoms with E-state index in [0.29, 0.717) is 0 Å². The Kier molecular flexibility index (Phi) is 3.53. The van der Waals surface area contributed by atoms with Crippen LogP contribution in [-0.2, 0) is 9.53 Å². The normalized spacial score (nSPS) is 11.8. The standard InChI is InChI=1S/C10H9ClO2/c1-2-9(12)13-10(11)8-6-4-3-5-7-8/h2-7,10H,1H2. The number of hydrogen-bond donors (Lipinski definition) is 0. The summed E-state index contributed by atoms with van der Waals surface area (Å²) in [6.45, 7) is 3.27.